The Hall–Kier alpha value is -2.32. The van der Waals surface area contributed by atoms with Crippen LogP contribution < -0.4 is 0 Å². The van der Waals surface area contributed by atoms with E-state index in [1.807, 2.05) is 6.92 Å². The molecule has 0 N–H and O–H groups in total. The number of nitrogens with zero attached hydrogens (tertiary/aromatic N) is 5. The number of aryl methyl sites for hydroxylation is 2. The van der Waals surface area contributed by atoms with Crippen LogP contribution in [0.1, 0.15) is 41.6 Å². The van der Waals surface area contributed by atoms with E-state index in [9.17, 15) is 13.6 Å². The first-order valence-electron chi connectivity index (χ1n) is 6.89. The molecule has 3 heterocycles. The maximum atomic E-state index is 13.8. The first-order valence-corrected chi connectivity index (χ1v) is 6.89. The lowest BCUT2D eigenvalue weighted by atomic mass is 10.2. The van der Waals surface area contributed by atoms with E-state index in [-0.39, 0.29) is 11.6 Å². The number of halogens is 2. The summed E-state index contributed by atoms with van der Waals surface area (Å²) in [6, 6.07) is -0.933. The summed E-state index contributed by atoms with van der Waals surface area (Å²) in [6.45, 7) is 1.14. The van der Waals surface area contributed by atoms with E-state index in [0.29, 0.717) is 12.2 Å². The highest BCUT2D eigenvalue weighted by Crippen LogP contribution is 2.41. The monoisotopic (exact) mass is 311 g/mol. The van der Waals surface area contributed by atoms with Crippen LogP contribution in [-0.2, 0) is 13.5 Å². The Morgan fingerprint density at radius 2 is 2.32 bits per heavy atom. The Morgan fingerprint density at radius 1 is 1.55 bits per heavy atom. The lowest BCUT2D eigenvalue weighted by molar-refractivity contribution is 0.0116. The molecule has 1 saturated heterocycles. The molecule has 0 bridgehead atoms. The van der Waals surface area contributed by atoms with E-state index in [1.54, 1.807) is 11.6 Å². The van der Waals surface area contributed by atoms with Crippen LogP contribution in [0.2, 0.25) is 0 Å². The number of rotatable bonds is 3. The highest BCUT2D eigenvalue weighted by atomic mass is 19.3. The summed E-state index contributed by atoms with van der Waals surface area (Å²) in [5.41, 5.74) is 0.112. The molecule has 7 nitrogen and oxygen atoms in total. The Balaban J connectivity index is 1.91. The molecule has 0 unspecified atom stereocenters. The van der Waals surface area contributed by atoms with Gasteiger partial charge in [0.25, 0.3) is 11.8 Å². The molecule has 22 heavy (non-hydrogen) atoms. The van der Waals surface area contributed by atoms with Crippen LogP contribution in [0.15, 0.2) is 17.0 Å². The molecule has 0 saturated carbocycles. The maximum Gasteiger partial charge on any atom is 0.274 e. The van der Waals surface area contributed by atoms with Crippen molar-refractivity contribution in [2.45, 2.75) is 31.7 Å². The molecule has 3 rings (SSSR count). The van der Waals surface area contributed by atoms with Crippen LogP contribution in [0, 0.1) is 0 Å². The van der Waals surface area contributed by atoms with Crippen molar-refractivity contribution in [3.8, 4) is 0 Å². The second-order valence-electron chi connectivity index (χ2n) is 5.34. The molecule has 2 aromatic heterocycles. The SMILES string of the molecule is CCc1noc([C@@H]2CC(F)(F)CN2C(=O)c2cn(C)cn2)n1. The normalized spacial score (nSPS) is 20.5. The average molecular weight is 311 g/mol. The Morgan fingerprint density at radius 3 is 2.91 bits per heavy atom. The standard InChI is InChI=1S/C13H15F2N5O2/c1-3-10-17-11(22-18-10)9-4-13(14,15)6-20(9)12(21)8-5-19(2)7-16-8/h5,7,9H,3-4,6H2,1-2H3/t9-/m0/s1. The minimum atomic E-state index is -2.99. The van der Waals surface area contributed by atoms with Gasteiger partial charge in [0.05, 0.1) is 12.9 Å². The molecule has 0 radical (unpaired) electrons. The summed E-state index contributed by atoms with van der Waals surface area (Å²) in [6.07, 6.45) is 2.93. The molecule has 1 amide bonds. The van der Waals surface area contributed by atoms with Gasteiger partial charge in [-0.05, 0) is 0 Å². The van der Waals surface area contributed by atoms with Gasteiger partial charge in [0, 0.05) is 26.1 Å². The fourth-order valence-corrected chi connectivity index (χ4v) is 2.47. The van der Waals surface area contributed by atoms with Crippen molar-refractivity contribution in [1.29, 1.82) is 0 Å². The molecule has 1 aliphatic heterocycles. The largest absolute Gasteiger partial charge is 0.340 e. The minimum absolute atomic E-state index is 0.0401. The molecule has 0 aromatic carbocycles. The maximum absolute atomic E-state index is 13.8. The third kappa shape index (κ3) is 2.58. The summed E-state index contributed by atoms with van der Waals surface area (Å²) in [5.74, 6) is -3.09. The topological polar surface area (TPSA) is 77.0 Å². The average Bonchev–Trinajstić information content (AvgIpc) is 3.15. The van der Waals surface area contributed by atoms with Gasteiger partial charge in [0.1, 0.15) is 11.7 Å². The van der Waals surface area contributed by atoms with Crippen molar-refractivity contribution < 1.29 is 18.1 Å². The van der Waals surface area contributed by atoms with E-state index < -0.39 is 30.8 Å². The number of likely N-dealkylation sites (tertiary alicyclic amines) is 1. The second kappa shape index (κ2) is 5.15. The van der Waals surface area contributed by atoms with Crippen molar-refractivity contribution in [1.82, 2.24) is 24.6 Å². The van der Waals surface area contributed by atoms with Crippen LogP contribution in [0.4, 0.5) is 8.78 Å². The van der Waals surface area contributed by atoms with Gasteiger partial charge in [-0.3, -0.25) is 4.79 Å². The van der Waals surface area contributed by atoms with Gasteiger partial charge in [-0.1, -0.05) is 12.1 Å². The first-order chi connectivity index (χ1) is 10.4. The fraction of sp³-hybridized carbons (Fsp3) is 0.538. The lowest BCUT2D eigenvalue weighted by Gasteiger charge is -2.19. The van der Waals surface area contributed by atoms with Gasteiger partial charge in [0.15, 0.2) is 5.82 Å². The molecule has 1 atom stereocenters. The minimum Gasteiger partial charge on any atom is -0.340 e. The number of hydrogen-bond donors (Lipinski definition) is 0. The Labute approximate surface area is 124 Å². The zero-order valence-electron chi connectivity index (χ0n) is 12.2. The van der Waals surface area contributed by atoms with E-state index in [0.717, 1.165) is 4.90 Å². The smallest absolute Gasteiger partial charge is 0.274 e. The Kier molecular flexibility index (Phi) is 3.42. The summed E-state index contributed by atoms with van der Waals surface area (Å²) in [5, 5.41) is 3.71. The molecular weight excluding hydrogens is 296 g/mol. The van der Waals surface area contributed by atoms with E-state index in [2.05, 4.69) is 15.1 Å². The van der Waals surface area contributed by atoms with E-state index >= 15 is 0 Å². The molecule has 118 valence electrons. The molecule has 1 fully saturated rings. The van der Waals surface area contributed by atoms with Gasteiger partial charge in [0.2, 0.25) is 5.89 Å². The molecular formula is C13H15F2N5O2. The van der Waals surface area contributed by atoms with Crippen LogP contribution >= 0.6 is 0 Å². The zero-order valence-corrected chi connectivity index (χ0v) is 12.2. The molecule has 0 aliphatic carbocycles. The predicted octanol–water partition coefficient (Wildman–Crippen LogP) is 1.59. The Bertz CT molecular complexity index is 696. The molecule has 0 spiro atoms. The first kappa shape index (κ1) is 14.6. The third-order valence-corrected chi connectivity index (χ3v) is 3.54. The van der Waals surface area contributed by atoms with Crippen LogP contribution in [0.5, 0.6) is 0 Å². The number of carbonyl (C=O) groups is 1. The van der Waals surface area contributed by atoms with Crippen molar-refractivity contribution in [3.05, 3.63) is 29.9 Å². The van der Waals surface area contributed by atoms with E-state index in [1.165, 1.54) is 12.5 Å². The van der Waals surface area contributed by atoms with Crippen molar-refractivity contribution in [2.75, 3.05) is 6.54 Å². The quantitative estimate of drug-likeness (QED) is 0.860. The predicted molar refractivity (Wildman–Crippen MR) is 70.2 cm³/mol. The summed E-state index contributed by atoms with van der Waals surface area (Å²) in [7, 11) is 1.70. The fourth-order valence-electron chi connectivity index (χ4n) is 2.47. The summed E-state index contributed by atoms with van der Waals surface area (Å²) < 4.78 is 34.2. The number of aromatic nitrogens is 4. The van der Waals surface area contributed by atoms with Crippen LogP contribution in [0.25, 0.3) is 0 Å². The van der Waals surface area contributed by atoms with Crippen LogP contribution in [-0.4, -0.2) is 43.0 Å². The summed E-state index contributed by atoms with van der Waals surface area (Å²) >= 11 is 0. The van der Waals surface area contributed by atoms with Gasteiger partial charge in [-0.25, -0.2) is 13.8 Å². The van der Waals surface area contributed by atoms with Crippen LogP contribution in [0.3, 0.4) is 0 Å². The van der Waals surface area contributed by atoms with Crippen molar-refractivity contribution in [2.24, 2.45) is 7.05 Å². The molecule has 9 heteroatoms. The number of imidazole rings is 1. The van der Waals surface area contributed by atoms with Crippen molar-refractivity contribution in [3.63, 3.8) is 0 Å². The number of carbonyl (C=O) groups excluding carboxylic acids is 1. The van der Waals surface area contributed by atoms with Gasteiger partial charge in [-0.15, -0.1) is 0 Å². The lowest BCUT2D eigenvalue weighted by Crippen LogP contribution is -2.33. The zero-order chi connectivity index (χ0) is 15.9. The highest BCUT2D eigenvalue weighted by Gasteiger charge is 2.50. The molecule has 1 aliphatic rings. The second-order valence-corrected chi connectivity index (χ2v) is 5.34. The van der Waals surface area contributed by atoms with E-state index in [4.69, 9.17) is 4.52 Å². The van der Waals surface area contributed by atoms with Gasteiger partial charge in [-0.2, -0.15) is 4.98 Å². The highest BCUT2D eigenvalue weighted by molar-refractivity contribution is 5.92. The van der Waals surface area contributed by atoms with Gasteiger partial charge >= 0.3 is 0 Å². The third-order valence-electron chi connectivity index (χ3n) is 3.54. The summed E-state index contributed by atoms with van der Waals surface area (Å²) in [4.78, 5) is 21.5. The van der Waals surface area contributed by atoms with Crippen molar-refractivity contribution >= 4 is 5.91 Å². The molecule has 2 aromatic rings. The number of alkyl halides is 2. The number of hydrogen-bond acceptors (Lipinski definition) is 5. The number of amides is 1. The van der Waals surface area contributed by atoms with Gasteiger partial charge < -0.3 is 14.0 Å².